The topological polar surface area (TPSA) is 77.5 Å². The third kappa shape index (κ3) is 5.58. The number of carbonyl (C=O) groups excluding carboxylic acids is 2. The molecule has 0 aliphatic heterocycles. The van der Waals surface area contributed by atoms with Crippen LogP contribution in [0.4, 0.5) is 4.39 Å². The molecule has 0 atom stereocenters. The summed E-state index contributed by atoms with van der Waals surface area (Å²) >= 11 is 0. The summed E-state index contributed by atoms with van der Waals surface area (Å²) in [6, 6.07) is 17.4. The fourth-order valence-corrected chi connectivity index (χ4v) is 3.48. The van der Waals surface area contributed by atoms with E-state index >= 15 is 0 Å². The van der Waals surface area contributed by atoms with E-state index in [-0.39, 0.29) is 22.8 Å². The molecule has 29 heavy (non-hydrogen) atoms. The van der Waals surface area contributed by atoms with Crippen molar-refractivity contribution in [3.63, 3.8) is 0 Å². The summed E-state index contributed by atoms with van der Waals surface area (Å²) in [5.74, 6) is -1.29. The lowest BCUT2D eigenvalue weighted by atomic mass is 10.0. The summed E-state index contributed by atoms with van der Waals surface area (Å²) in [7, 11) is -3.22. The highest BCUT2D eigenvalue weighted by atomic mass is 32.2. The number of rotatable bonds is 6. The van der Waals surface area contributed by atoms with Crippen LogP contribution in [0.5, 0.6) is 5.75 Å². The van der Waals surface area contributed by atoms with Gasteiger partial charge in [0.05, 0.1) is 11.3 Å². The van der Waals surface area contributed by atoms with E-state index in [4.69, 9.17) is 4.74 Å². The molecule has 0 aliphatic carbocycles. The molecule has 0 N–H and O–H groups in total. The Kier molecular flexibility index (Phi) is 5.89. The number of sulfone groups is 1. The van der Waals surface area contributed by atoms with Crippen LogP contribution in [-0.4, -0.2) is 26.4 Å². The first kappa shape index (κ1) is 20.4. The average molecular weight is 412 g/mol. The van der Waals surface area contributed by atoms with Crippen molar-refractivity contribution in [2.45, 2.75) is 5.75 Å². The maximum Gasteiger partial charge on any atom is 0.343 e. The Balaban J connectivity index is 1.71. The van der Waals surface area contributed by atoms with Gasteiger partial charge in [-0.2, -0.15) is 0 Å². The number of hydrogen-bond donors (Lipinski definition) is 0. The molecule has 148 valence electrons. The van der Waals surface area contributed by atoms with Crippen LogP contribution in [0.3, 0.4) is 0 Å². The van der Waals surface area contributed by atoms with Gasteiger partial charge in [-0.3, -0.25) is 4.79 Å². The van der Waals surface area contributed by atoms with E-state index in [0.717, 1.165) is 6.26 Å². The van der Waals surface area contributed by atoms with Crippen molar-refractivity contribution >= 4 is 21.6 Å². The minimum absolute atomic E-state index is 0.172. The number of ketones is 1. The van der Waals surface area contributed by atoms with E-state index in [2.05, 4.69) is 0 Å². The maximum atomic E-state index is 13.0. The summed E-state index contributed by atoms with van der Waals surface area (Å²) in [6.45, 7) is 0. The van der Waals surface area contributed by atoms with Gasteiger partial charge < -0.3 is 4.74 Å². The number of benzene rings is 3. The minimum Gasteiger partial charge on any atom is -0.423 e. The highest BCUT2D eigenvalue weighted by Gasteiger charge is 2.13. The second kappa shape index (κ2) is 8.36. The first-order chi connectivity index (χ1) is 13.7. The molecule has 0 aromatic heterocycles. The number of ether oxygens (including phenoxy) is 1. The third-order valence-corrected chi connectivity index (χ3v) is 4.88. The second-order valence-electron chi connectivity index (χ2n) is 6.52. The zero-order chi connectivity index (χ0) is 21.0. The van der Waals surface area contributed by atoms with Gasteiger partial charge in [-0.15, -0.1) is 0 Å². The largest absolute Gasteiger partial charge is 0.423 e. The Morgan fingerprint density at radius 1 is 0.862 bits per heavy atom. The number of halogens is 1. The summed E-state index contributed by atoms with van der Waals surface area (Å²) in [6.07, 6.45) is 1.12. The molecule has 0 spiro atoms. The van der Waals surface area contributed by atoms with Crippen molar-refractivity contribution in [3.8, 4) is 5.75 Å². The lowest BCUT2D eigenvalue weighted by Crippen LogP contribution is -2.10. The highest BCUT2D eigenvalue weighted by Crippen LogP contribution is 2.18. The van der Waals surface area contributed by atoms with Crippen molar-refractivity contribution in [1.82, 2.24) is 0 Å². The summed E-state index contributed by atoms with van der Waals surface area (Å²) in [5.41, 5.74) is 1.42. The third-order valence-electron chi connectivity index (χ3n) is 4.03. The lowest BCUT2D eigenvalue weighted by molar-refractivity contribution is 0.0734. The smallest absolute Gasteiger partial charge is 0.343 e. The van der Waals surface area contributed by atoms with Gasteiger partial charge in [-0.1, -0.05) is 12.1 Å². The molecule has 0 saturated carbocycles. The number of hydrogen-bond acceptors (Lipinski definition) is 5. The Morgan fingerprint density at radius 2 is 1.45 bits per heavy atom. The molecule has 5 nitrogen and oxygen atoms in total. The molecule has 3 aromatic rings. The van der Waals surface area contributed by atoms with E-state index in [1.165, 1.54) is 60.7 Å². The van der Waals surface area contributed by atoms with Gasteiger partial charge >= 0.3 is 5.97 Å². The minimum atomic E-state index is -3.22. The molecular weight excluding hydrogens is 395 g/mol. The van der Waals surface area contributed by atoms with Gasteiger partial charge in [0.2, 0.25) is 0 Å². The Hall–Kier alpha value is -3.32. The predicted octanol–water partition coefficient (Wildman–Crippen LogP) is 3.82. The van der Waals surface area contributed by atoms with Crippen LogP contribution in [-0.2, 0) is 15.6 Å². The van der Waals surface area contributed by atoms with Crippen molar-refractivity contribution in [1.29, 1.82) is 0 Å². The van der Waals surface area contributed by atoms with Crippen molar-refractivity contribution in [2.24, 2.45) is 0 Å². The van der Waals surface area contributed by atoms with E-state index in [0.29, 0.717) is 16.7 Å². The van der Waals surface area contributed by atoms with Gasteiger partial charge in [-0.25, -0.2) is 17.6 Å². The molecule has 0 fully saturated rings. The van der Waals surface area contributed by atoms with E-state index < -0.39 is 21.6 Å². The molecule has 0 saturated heterocycles. The van der Waals surface area contributed by atoms with E-state index in [1.54, 1.807) is 12.1 Å². The molecule has 0 bridgehead atoms. The SMILES string of the molecule is CS(=O)(=O)Cc1cccc(C(=O)Oc2ccc(C(=O)c3ccc(F)cc3)cc2)c1. The van der Waals surface area contributed by atoms with Crippen LogP contribution >= 0.6 is 0 Å². The molecule has 0 amide bonds. The molecular formula is C22H17FO5S. The molecule has 3 aromatic carbocycles. The van der Waals surface area contributed by atoms with E-state index in [9.17, 15) is 22.4 Å². The Labute approximate surface area is 167 Å². The number of esters is 1. The van der Waals surface area contributed by atoms with Gasteiger partial charge in [0.15, 0.2) is 15.6 Å². The predicted molar refractivity (Wildman–Crippen MR) is 106 cm³/mol. The zero-order valence-electron chi connectivity index (χ0n) is 15.5. The monoisotopic (exact) mass is 412 g/mol. The van der Waals surface area contributed by atoms with Crippen molar-refractivity contribution in [3.05, 3.63) is 101 Å². The van der Waals surface area contributed by atoms with Gasteiger partial charge in [-0.05, 0) is 66.2 Å². The number of carbonyl (C=O) groups is 2. The molecule has 7 heteroatoms. The first-order valence-corrected chi connectivity index (χ1v) is 10.7. The van der Waals surface area contributed by atoms with Crippen LogP contribution < -0.4 is 4.74 Å². The second-order valence-corrected chi connectivity index (χ2v) is 8.66. The van der Waals surface area contributed by atoms with Gasteiger partial charge in [0.1, 0.15) is 11.6 Å². The van der Waals surface area contributed by atoms with E-state index in [1.807, 2.05) is 0 Å². The van der Waals surface area contributed by atoms with Crippen LogP contribution in [0.25, 0.3) is 0 Å². The summed E-state index contributed by atoms with van der Waals surface area (Å²) in [4.78, 5) is 24.7. The van der Waals surface area contributed by atoms with Gasteiger partial charge in [0, 0.05) is 17.4 Å². The van der Waals surface area contributed by atoms with Crippen LogP contribution in [0.15, 0.2) is 72.8 Å². The zero-order valence-corrected chi connectivity index (χ0v) is 16.3. The lowest BCUT2D eigenvalue weighted by Gasteiger charge is -2.07. The maximum absolute atomic E-state index is 13.0. The molecule has 0 aliphatic rings. The average Bonchev–Trinajstić information content (AvgIpc) is 2.67. The molecule has 3 rings (SSSR count). The Bertz CT molecular complexity index is 1150. The van der Waals surface area contributed by atoms with Crippen LogP contribution in [0.1, 0.15) is 31.8 Å². The summed E-state index contributed by atoms with van der Waals surface area (Å²) in [5, 5.41) is 0. The normalized spacial score (nSPS) is 11.1. The van der Waals surface area contributed by atoms with Crippen LogP contribution in [0, 0.1) is 5.82 Å². The van der Waals surface area contributed by atoms with Crippen molar-refractivity contribution in [2.75, 3.05) is 6.26 Å². The fourth-order valence-electron chi connectivity index (χ4n) is 2.70. The summed E-state index contributed by atoms with van der Waals surface area (Å²) < 4.78 is 41.1. The molecule has 0 heterocycles. The molecule has 0 radical (unpaired) electrons. The van der Waals surface area contributed by atoms with Gasteiger partial charge in [0.25, 0.3) is 0 Å². The standard InChI is InChI=1S/C22H17FO5S/c1-29(26,27)14-15-3-2-4-18(13-15)22(25)28-20-11-7-17(8-12-20)21(24)16-5-9-19(23)10-6-16/h2-13H,14H2,1H3. The highest BCUT2D eigenvalue weighted by molar-refractivity contribution is 7.89. The molecule has 0 unspecified atom stereocenters. The Morgan fingerprint density at radius 3 is 2.03 bits per heavy atom. The fraction of sp³-hybridized carbons (Fsp3) is 0.0909. The first-order valence-electron chi connectivity index (χ1n) is 8.60. The quantitative estimate of drug-likeness (QED) is 0.349. The van der Waals surface area contributed by atoms with Crippen LogP contribution in [0.2, 0.25) is 0 Å². The van der Waals surface area contributed by atoms with Crippen molar-refractivity contribution < 1.29 is 27.1 Å².